The van der Waals surface area contributed by atoms with Crippen LogP contribution < -0.4 is 0 Å². The van der Waals surface area contributed by atoms with Gasteiger partial charge in [-0.15, -0.1) is 0 Å². The Hall–Kier alpha value is -1.62. The average molecular weight is 299 g/mol. The molecule has 0 aromatic carbocycles. The number of amides is 1. The number of carbonyl (C=O) groups is 2. The zero-order chi connectivity index (χ0) is 15.5. The van der Waals surface area contributed by atoms with E-state index in [1.807, 2.05) is 20.8 Å². The number of rotatable bonds is 4. The van der Waals surface area contributed by atoms with Crippen molar-refractivity contribution in [3.63, 3.8) is 0 Å². The molecule has 1 heterocycles. The fourth-order valence-corrected chi connectivity index (χ4v) is 1.89. The monoisotopic (exact) mass is 298 g/mol. The first-order valence-electron chi connectivity index (χ1n) is 6.34. The summed E-state index contributed by atoms with van der Waals surface area (Å²) in [4.78, 5) is 28.5. The summed E-state index contributed by atoms with van der Waals surface area (Å²) in [7, 11) is 0. The van der Waals surface area contributed by atoms with Gasteiger partial charge in [0.05, 0.1) is 0 Å². The largest absolute Gasteiger partial charge is 0.480 e. The van der Waals surface area contributed by atoms with E-state index in [1.54, 1.807) is 13.0 Å². The van der Waals surface area contributed by atoms with Crippen molar-refractivity contribution < 1.29 is 14.7 Å². The summed E-state index contributed by atoms with van der Waals surface area (Å²) in [5, 5.41) is 9.05. The van der Waals surface area contributed by atoms with Gasteiger partial charge in [-0.3, -0.25) is 9.59 Å². The smallest absolute Gasteiger partial charge is 0.323 e. The Bertz CT molecular complexity index is 524. The number of nitrogens with zero attached hydrogens (tertiary/aromatic N) is 2. The summed E-state index contributed by atoms with van der Waals surface area (Å²) >= 11 is 5.96. The molecule has 1 aromatic heterocycles. The van der Waals surface area contributed by atoms with Crippen LogP contribution in [0.15, 0.2) is 12.1 Å². The molecule has 0 saturated heterocycles. The molecule has 0 atom stereocenters. The zero-order valence-corrected chi connectivity index (χ0v) is 12.9. The minimum atomic E-state index is -1.05. The number of hydrogen-bond acceptors (Lipinski definition) is 3. The molecule has 0 spiro atoms. The number of carboxylic acids is 1. The number of carbonyl (C=O) groups excluding carboxylic acids is 1. The van der Waals surface area contributed by atoms with Crippen LogP contribution in [0.3, 0.4) is 0 Å². The average Bonchev–Trinajstić information content (AvgIpc) is 2.33. The van der Waals surface area contributed by atoms with Gasteiger partial charge in [0.25, 0.3) is 5.91 Å². The van der Waals surface area contributed by atoms with Crippen molar-refractivity contribution in [1.29, 1.82) is 0 Å². The lowest BCUT2D eigenvalue weighted by molar-refractivity contribution is -0.137. The molecule has 0 fully saturated rings. The normalized spacial score (nSPS) is 11.2. The number of aliphatic carboxylic acids is 1. The maximum absolute atomic E-state index is 12.3. The lowest BCUT2D eigenvalue weighted by atomic mass is 9.91. The molecule has 0 saturated carbocycles. The molecular formula is C14H19ClN2O3. The Morgan fingerprint density at radius 2 is 1.95 bits per heavy atom. The number of halogens is 1. The standard InChI is InChI=1S/C14H19ClN2O3/c1-5-17(8-12(18)19)13(20)9-6-10(14(2,3)4)16-11(15)7-9/h6-7H,5,8H2,1-4H3,(H,18,19). The molecule has 1 N–H and O–H groups in total. The molecule has 20 heavy (non-hydrogen) atoms. The number of hydrogen-bond donors (Lipinski definition) is 1. The Labute approximate surface area is 123 Å². The predicted octanol–water partition coefficient (Wildman–Crippen LogP) is 2.58. The van der Waals surface area contributed by atoms with Crippen molar-refractivity contribution in [2.75, 3.05) is 13.1 Å². The maximum Gasteiger partial charge on any atom is 0.323 e. The second-order valence-corrected chi connectivity index (χ2v) is 5.91. The Balaban J connectivity index is 3.15. The topological polar surface area (TPSA) is 70.5 Å². The van der Waals surface area contributed by atoms with E-state index in [-0.39, 0.29) is 23.0 Å². The fraction of sp³-hybridized carbons (Fsp3) is 0.500. The molecule has 1 amide bonds. The van der Waals surface area contributed by atoms with Crippen molar-refractivity contribution in [2.45, 2.75) is 33.1 Å². The molecule has 5 nitrogen and oxygen atoms in total. The van der Waals surface area contributed by atoms with Crippen molar-refractivity contribution in [3.8, 4) is 0 Å². The van der Waals surface area contributed by atoms with Crippen LogP contribution in [0.4, 0.5) is 0 Å². The van der Waals surface area contributed by atoms with Gasteiger partial charge >= 0.3 is 5.97 Å². The second kappa shape index (κ2) is 6.22. The molecule has 0 aliphatic heterocycles. The van der Waals surface area contributed by atoms with E-state index >= 15 is 0 Å². The summed E-state index contributed by atoms with van der Waals surface area (Å²) in [5.41, 5.74) is 0.807. The van der Waals surface area contributed by atoms with Gasteiger partial charge in [-0.1, -0.05) is 32.4 Å². The molecule has 1 aromatic rings. The van der Waals surface area contributed by atoms with Crippen LogP contribution in [0.5, 0.6) is 0 Å². The fourth-order valence-electron chi connectivity index (χ4n) is 1.68. The van der Waals surface area contributed by atoms with Gasteiger partial charge in [-0.05, 0) is 19.1 Å². The molecule has 0 unspecified atom stereocenters. The van der Waals surface area contributed by atoms with E-state index in [2.05, 4.69) is 4.98 Å². The van der Waals surface area contributed by atoms with Crippen molar-refractivity contribution in [3.05, 3.63) is 28.5 Å². The summed E-state index contributed by atoms with van der Waals surface area (Å²) < 4.78 is 0. The van der Waals surface area contributed by atoms with E-state index in [4.69, 9.17) is 16.7 Å². The van der Waals surface area contributed by atoms with Crippen molar-refractivity contribution in [1.82, 2.24) is 9.88 Å². The minimum Gasteiger partial charge on any atom is -0.480 e. The van der Waals surface area contributed by atoms with E-state index in [0.717, 1.165) is 0 Å². The van der Waals surface area contributed by atoms with Crippen LogP contribution >= 0.6 is 11.6 Å². The van der Waals surface area contributed by atoms with Gasteiger partial charge < -0.3 is 10.0 Å². The van der Waals surface area contributed by atoms with Gasteiger partial charge in [0.1, 0.15) is 11.7 Å². The highest BCUT2D eigenvalue weighted by Crippen LogP contribution is 2.24. The lowest BCUT2D eigenvalue weighted by Crippen LogP contribution is -2.35. The highest BCUT2D eigenvalue weighted by molar-refractivity contribution is 6.29. The molecule has 0 aliphatic carbocycles. The number of pyridine rings is 1. The Morgan fingerprint density at radius 1 is 1.35 bits per heavy atom. The molecule has 0 aliphatic rings. The second-order valence-electron chi connectivity index (χ2n) is 5.53. The van der Waals surface area contributed by atoms with E-state index in [9.17, 15) is 9.59 Å². The van der Waals surface area contributed by atoms with Gasteiger partial charge in [-0.2, -0.15) is 0 Å². The predicted molar refractivity (Wildman–Crippen MR) is 77.2 cm³/mol. The SMILES string of the molecule is CCN(CC(=O)O)C(=O)c1cc(Cl)nc(C(C)(C)C)c1. The first-order chi connectivity index (χ1) is 9.15. The first-order valence-corrected chi connectivity index (χ1v) is 6.72. The van der Waals surface area contributed by atoms with Crippen molar-refractivity contribution in [2.24, 2.45) is 0 Å². The number of likely N-dealkylation sites (N-methyl/N-ethyl adjacent to an activating group) is 1. The molecular weight excluding hydrogens is 280 g/mol. The third-order valence-electron chi connectivity index (χ3n) is 2.80. The first kappa shape index (κ1) is 16.4. The molecule has 1 rings (SSSR count). The Morgan fingerprint density at radius 3 is 2.40 bits per heavy atom. The Kier molecular flexibility index (Phi) is 5.11. The van der Waals surface area contributed by atoms with Crippen molar-refractivity contribution >= 4 is 23.5 Å². The highest BCUT2D eigenvalue weighted by atomic mass is 35.5. The summed E-state index contributed by atoms with van der Waals surface area (Å²) in [6.45, 7) is 7.61. The van der Waals surface area contributed by atoms with Crippen LogP contribution in [0, 0.1) is 0 Å². The van der Waals surface area contributed by atoms with Crippen LogP contribution in [-0.2, 0) is 10.2 Å². The third-order valence-corrected chi connectivity index (χ3v) is 3.00. The minimum absolute atomic E-state index is 0.229. The lowest BCUT2D eigenvalue weighted by Gasteiger charge is -2.22. The highest BCUT2D eigenvalue weighted by Gasteiger charge is 2.22. The van der Waals surface area contributed by atoms with Crippen LogP contribution in [-0.4, -0.2) is 40.0 Å². The quantitative estimate of drug-likeness (QED) is 0.867. The van der Waals surface area contributed by atoms with Crippen LogP contribution in [0.2, 0.25) is 5.15 Å². The summed E-state index contributed by atoms with van der Waals surface area (Å²) in [6, 6.07) is 3.13. The van der Waals surface area contributed by atoms with Gasteiger partial charge in [0, 0.05) is 23.2 Å². The van der Waals surface area contributed by atoms with Gasteiger partial charge in [0.2, 0.25) is 0 Å². The van der Waals surface area contributed by atoms with Crippen LogP contribution in [0.1, 0.15) is 43.7 Å². The van der Waals surface area contributed by atoms with E-state index in [0.29, 0.717) is 17.8 Å². The number of aromatic nitrogens is 1. The van der Waals surface area contributed by atoms with E-state index < -0.39 is 5.97 Å². The van der Waals surface area contributed by atoms with Gasteiger partial charge in [-0.25, -0.2) is 4.98 Å². The summed E-state index contributed by atoms with van der Waals surface area (Å²) in [6.07, 6.45) is 0. The summed E-state index contributed by atoms with van der Waals surface area (Å²) in [5.74, 6) is -1.40. The third kappa shape index (κ3) is 4.20. The maximum atomic E-state index is 12.3. The molecule has 110 valence electrons. The zero-order valence-electron chi connectivity index (χ0n) is 12.1. The van der Waals surface area contributed by atoms with Crippen LogP contribution in [0.25, 0.3) is 0 Å². The molecule has 0 bridgehead atoms. The number of carboxylic acid groups (broad SMARTS) is 1. The molecule has 6 heteroatoms. The van der Waals surface area contributed by atoms with E-state index in [1.165, 1.54) is 11.0 Å². The van der Waals surface area contributed by atoms with Gasteiger partial charge in [0.15, 0.2) is 0 Å². The molecule has 0 radical (unpaired) electrons.